The van der Waals surface area contributed by atoms with E-state index in [0.29, 0.717) is 0 Å². The third kappa shape index (κ3) is 4.32. The Labute approximate surface area is 123 Å². The quantitative estimate of drug-likeness (QED) is 0.546. The molecule has 0 bridgehead atoms. The van der Waals surface area contributed by atoms with Gasteiger partial charge in [0.15, 0.2) is 0 Å². The summed E-state index contributed by atoms with van der Waals surface area (Å²) in [4.78, 5) is 0. The van der Waals surface area contributed by atoms with Gasteiger partial charge in [-0.2, -0.15) is 0 Å². The van der Waals surface area contributed by atoms with Gasteiger partial charge in [0.1, 0.15) is 0 Å². The van der Waals surface area contributed by atoms with E-state index in [0.717, 1.165) is 28.4 Å². The first-order chi connectivity index (χ1) is 9.40. The molecule has 0 aliphatic carbocycles. The summed E-state index contributed by atoms with van der Waals surface area (Å²) in [6.45, 7) is 0. The zero-order valence-corrected chi connectivity index (χ0v) is 12.1. The zero-order chi connectivity index (χ0) is 13.3. The molecule has 0 N–H and O–H groups in total. The van der Waals surface area contributed by atoms with Gasteiger partial charge >= 0.3 is 0 Å². The highest BCUT2D eigenvalue weighted by Gasteiger charge is 1.94. The molecule has 0 heterocycles. The number of halogens is 1. The lowest BCUT2D eigenvalue weighted by Gasteiger charge is -1.95. The van der Waals surface area contributed by atoms with E-state index in [1.54, 1.807) is 0 Å². The van der Waals surface area contributed by atoms with E-state index < -0.39 is 0 Å². The normalized spacial score (nSPS) is 8.89. The Hall–Kier alpha value is -1.96. The molecule has 0 aliphatic heterocycles. The van der Waals surface area contributed by atoms with Gasteiger partial charge in [0.25, 0.3) is 0 Å². The maximum atomic E-state index is 3.37. The van der Waals surface area contributed by atoms with Gasteiger partial charge < -0.3 is 0 Å². The Kier molecular flexibility index (Phi) is 5.30. The lowest BCUT2D eigenvalue weighted by molar-refractivity contribution is 1.32. The highest BCUT2D eigenvalue weighted by Crippen LogP contribution is 2.06. The fourth-order valence-corrected chi connectivity index (χ4v) is 1.77. The molecule has 0 aliphatic rings. The number of rotatable bonds is 1. The Balaban J connectivity index is 2.27. The van der Waals surface area contributed by atoms with E-state index in [4.69, 9.17) is 0 Å². The molecule has 0 radical (unpaired) electrons. The number of hydrogen-bond donors (Lipinski definition) is 0. The van der Waals surface area contributed by atoms with Crippen molar-refractivity contribution in [3.8, 4) is 23.7 Å². The SMILES string of the molecule is BrCCC#Cc1ccccc1C#Cc1ccccc1. The summed E-state index contributed by atoms with van der Waals surface area (Å²) < 4.78 is 0. The highest BCUT2D eigenvalue weighted by atomic mass is 79.9. The van der Waals surface area contributed by atoms with Gasteiger partial charge in [-0.05, 0) is 24.3 Å². The zero-order valence-electron chi connectivity index (χ0n) is 10.5. The maximum absolute atomic E-state index is 3.37. The Morgan fingerprint density at radius 2 is 1.37 bits per heavy atom. The smallest absolute Gasteiger partial charge is 0.0405 e. The molecule has 0 atom stereocenters. The van der Waals surface area contributed by atoms with Gasteiger partial charge in [0.2, 0.25) is 0 Å². The van der Waals surface area contributed by atoms with Crippen LogP contribution >= 0.6 is 15.9 Å². The topological polar surface area (TPSA) is 0 Å². The van der Waals surface area contributed by atoms with Gasteiger partial charge in [-0.25, -0.2) is 0 Å². The standard InChI is InChI=1S/C18H13Br/c19-15-7-6-12-17-10-4-5-11-18(17)14-13-16-8-2-1-3-9-16/h1-5,8-11H,7,15H2. The van der Waals surface area contributed by atoms with Crippen LogP contribution in [0.25, 0.3) is 0 Å². The Morgan fingerprint density at radius 3 is 2.05 bits per heavy atom. The molecular weight excluding hydrogens is 296 g/mol. The van der Waals surface area contributed by atoms with Crippen molar-refractivity contribution in [3.05, 3.63) is 71.3 Å². The van der Waals surface area contributed by atoms with E-state index >= 15 is 0 Å². The largest absolute Gasteiger partial charge is 0.0970 e. The molecular formula is C18H13Br. The van der Waals surface area contributed by atoms with Crippen molar-refractivity contribution in [1.82, 2.24) is 0 Å². The molecule has 0 saturated carbocycles. The predicted octanol–water partition coefficient (Wildman–Crippen LogP) is 4.22. The highest BCUT2D eigenvalue weighted by molar-refractivity contribution is 9.09. The van der Waals surface area contributed by atoms with Crippen molar-refractivity contribution < 1.29 is 0 Å². The summed E-state index contributed by atoms with van der Waals surface area (Å²) in [7, 11) is 0. The van der Waals surface area contributed by atoms with Gasteiger partial charge in [-0.1, -0.05) is 69.9 Å². The van der Waals surface area contributed by atoms with Crippen molar-refractivity contribution >= 4 is 15.9 Å². The van der Waals surface area contributed by atoms with Crippen LogP contribution in [0, 0.1) is 23.7 Å². The molecule has 0 amide bonds. The van der Waals surface area contributed by atoms with E-state index in [1.807, 2.05) is 54.6 Å². The first-order valence-electron chi connectivity index (χ1n) is 6.11. The lowest BCUT2D eigenvalue weighted by atomic mass is 10.1. The second kappa shape index (κ2) is 7.47. The first kappa shape index (κ1) is 13.5. The molecule has 0 aromatic heterocycles. The summed E-state index contributed by atoms with van der Waals surface area (Å²) in [5.41, 5.74) is 2.99. The van der Waals surface area contributed by atoms with Crippen LogP contribution in [-0.4, -0.2) is 5.33 Å². The third-order valence-electron chi connectivity index (χ3n) is 2.48. The Morgan fingerprint density at radius 1 is 0.737 bits per heavy atom. The van der Waals surface area contributed by atoms with Crippen LogP contribution in [0.15, 0.2) is 54.6 Å². The van der Waals surface area contributed by atoms with E-state index in [-0.39, 0.29) is 0 Å². The minimum Gasteiger partial charge on any atom is -0.0970 e. The third-order valence-corrected chi connectivity index (χ3v) is 2.88. The van der Waals surface area contributed by atoms with Gasteiger partial charge in [-0.15, -0.1) is 0 Å². The second-order valence-corrected chi connectivity index (χ2v) is 4.70. The predicted molar refractivity (Wildman–Crippen MR) is 84.2 cm³/mol. The summed E-state index contributed by atoms with van der Waals surface area (Å²) in [5, 5.41) is 0.901. The van der Waals surface area contributed by atoms with Crippen LogP contribution in [0.2, 0.25) is 0 Å². The molecule has 0 saturated heterocycles. The van der Waals surface area contributed by atoms with Crippen LogP contribution in [0.3, 0.4) is 0 Å². The minimum atomic E-state index is 0.848. The van der Waals surface area contributed by atoms with Crippen molar-refractivity contribution in [3.63, 3.8) is 0 Å². The van der Waals surface area contributed by atoms with E-state index in [2.05, 4.69) is 39.6 Å². The molecule has 19 heavy (non-hydrogen) atoms. The van der Waals surface area contributed by atoms with Crippen molar-refractivity contribution in [2.75, 3.05) is 5.33 Å². The monoisotopic (exact) mass is 308 g/mol. The molecule has 2 aromatic carbocycles. The van der Waals surface area contributed by atoms with Crippen LogP contribution in [0.5, 0.6) is 0 Å². The average Bonchev–Trinajstić information content (AvgIpc) is 2.48. The second-order valence-electron chi connectivity index (χ2n) is 3.90. The van der Waals surface area contributed by atoms with Gasteiger partial charge in [0.05, 0.1) is 0 Å². The number of benzene rings is 2. The lowest BCUT2D eigenvalue weighted by Crippen LogP contribution is -1.83. The fourth-order valence-electron chi connectivity index (χ4n) is 1.57. The van der Waals surface area contributed by atoms with Gasteiger partial charge in [-0.3, -0.25) is 0 Å². The molecule has 1 heteroatoms. The Bertz CT molecular complexity index is 649. The molecule has 2 aromatic rings. The van der Waals surface area contributed by atoms with Gasteiger partial charge in [0, 0.05) is 28.4 Å². The van der Waals surface area contributed by atoms with Crippen LogP contribution in [0.4, 0.5) is 0 Å². The van der Waals surface area contributed by atoms with E-state index in [9.17, 15) is 0 Å². The van der Waals surface area contributed by atoms with Crippen molar-refractivity contribution in [2.24, 2.45) is 0 Å². The molecule has 2 rings (SSSR count). The van der Waals surface area contributed by atoms with Crippen LogP contribution < -0.4 is 0 Å². The molecule has 0 fully saturated rings. The van der Waals surface area contributed by atoms with Crippen LogP contribution in [-0.2, 0) is 0 Å². The minimum absolute atomic E-state index is 0.848. The number of alkyl halides is 1. The fraction of sp³-hybridized carbons (Fsp3) is 0.111. The van der Waals surface area contributed by atoms with Crippen molar-refractivity contribution in [2.45, 2.75) is 6.42 Å². The van der Waals surface area contributed by atoms with E-state index in [1.165, 1.54) is 0 Å². The summed E-state index contributed by atoms with van der Waals surface area (Å²) in [6, 6.07) is 18.0. The summed E-state index contributed by atoms with van der Waals surface area (Å²) in [5.74, 6) is 12.7. The number of hydrogen-bond acceptors (Lipinski definition) is 0. The van der Waals surface area contributed by atoms with Crippen LogP contribution in [0.1, 0.15) is 23.1 Å². The average molecular weight is 309 g/mol. The molecule has 92 valence electrons. The maximum Gasteiger partial charge on any atom is 0.0405 e. The summed E-state index contributed by atoms with van der Waals surface area (Å²) in [6.07, 6.45) is 0.848. The molecule has 0 nitrogen and oxygen atoms in total. The first-order valence-corrected chi connectivity index (χ1v) is 7.23. The molecule has 0 unspecified atom stereocenters. The van der Waals surface area contributed by atoms with Crippen molar-refractivity contribution in [1.29, 1.82) is 0 Å². The molecule has 0 spiro atoms. The summed E-state index contributed by atoms with van der Waals surface area (Å²) >= 11 is 3.37.